The zero-order chi connectivity index (χ0) is 24.6. The van der Waals surface area contributed by atoms with E-state index < -0.39 is 26.4 Å². The normalized spacial score (nSPS) is 26.8. The maximum Gasteiger partial charge on any atom is 0.227 e. The smallest absolute Gasteiger partial charge is 0.227 e. The first kappa shape index (κ1) is 25.8. The number of benzene rings is 1. The maximum atomic E-state index is 14.8. The zero-order valence-electron chi connectivity index (χ0n) is 20.0. The molecule has 1 aliphatic carbocycles. The van der Waals surface area contributed by atoms with Crippen LogP contribution in [0.25, 0.3) is 0 Å². The fourth-order valence-electron chi connectivity index (χ4n) is 4.36. The van der Waals surface area contributed by atoms with E-state index >= 15 is 0 Å². The van der Waals surface area contributed by atoms with E-state index in [1.165, 1.54) is 12.1 Å². The summed E-state index contributed by atoms with van der Waals surface area (Å²) in [7, 11) is -3.47. The van der Waals surface area contributed by atoms with Crippen LogP contribution in [-0.4, -0.2) is 50.4 Å². The highest BCUT2D eigenvalue weighted by atomic mass is 32.2. The summed E-state index contributed by atoms with van der Waals surface area (Å²) in [6.45, 7) is 9.57. The minimum Gasteiger partial charge on any atom is -0.372 e. The molecule has 2 N–H and O–H groups in total. The van der Waals surface area contributed by atoms with Crippen LogP contribution in [0.4, 0.5) is 20.2 Å². The minimum absolute atomic E-state index is 0.0985. The summed E-state index contributed by atoms with van der Waals surface area (Å²) >= 11 is 0. The largest absolute Gasteiger partial charge is 0.372 e. The van der Waals surface area contributed by atoms with E-state index in [4.69, 9.17) is 4.74 Å². The van der Waals surface area contributed by atoms with Crippen LogP contribution >= 0.6 is 0 Å². The molecule has 2 aliphatic rings. The molecule has 33 heavy (non-hydrogen) atoms. The molecular formula is C23H35F2N3O4S. The number of nitrogens with zero attached hydrogens (tertiary/aromatic N) is 1. The Morgan fingerprint density at radius 3 is 2.15 bits per heavy atom. The number of sulfonamides is 1. The molecule has 1 aromatic rings. The molecule has 186 valence electrons. The van der Waals surface area contributed by atoms with E-state index in [0.29, 0.717) is 38.8 Å². The molecule has 3 rings (SSSR count). The van der Waals surface area contributed by atoms with Crippen LogP contribution in [0.15, 0.2) is 12.1 Å². The van der Waals surface area contributed by atoms with Gasteiger partial charge in [0.25, 0.3) is 0 Å². The highest BCUT2D eigenvalue weighted by Crippen LogP contribution is 2.31. The van der Waals surface area contributed by atoms with Crippen molar-refractivity contribution in [2.75, 3.05) is 23.3 Å². The fraction of sp³-hybridized carbons (Fsp3) is 0.696. The lowest BCUT2D eigenvalue weighted by Gasteiger charge is -2.37. The van der Waals surface area contributed by atoms with Crippen molar-refractivity contribution in [2.45, 2.75) is 83.3 Å². The van der Waals surface area contributed by atoms with Crippen LogP contribution in [0.2, 0.25) is 0 Å². The third-order valence-corrected chi connectivity index (χ3v) is 8.56. The van der Waals surface area contributed by atoms with Crippen molar-refractivity contribution in [3.05, 3.63) is 23.8 Å². The van der Waals surface area contributed by atoms with Crippen molar-refractivity contribution in [3.63, 3.8) is 0 Å². The Balaban J connectivity index is 1.60. The molecule has 1 amide bonds. The Bertz CT molecular complexity index is 963. The van der Waals surface area contributed by atoms with Crippen LogP contribution in [0, 0.1) is 17.6 Å². The van der Waals surface area contributed by atoms with Gasteiger partial charge < -0.3 is 15.0 Å². The Morgan fingerprint density at radius 2 is 1.61 bits per heavy atom. The molecule has 2 fully saturated rings. The molecule has 1 aromatic carbocycles. The molecule has 2 unspecified atom stereocenters. The number of halogens is 2. The van der Waals surface area contributed by atoms with Gasteiger partial charge in [-0.2, -0.15) is 0 Å². The van der Waals surface area contributed by atoms with Gasteiger partial charge in [0.05, 0.1) is 28.3 Å². The van der Waals surface area contributed by atoms with Crippen molar-refractivity contribution in [3.8, 4) is 0 Å². The number of nitrogens with one attached hydrogen (secondary N) is 2. The van der Waals surface area contributed by atoms with Gasteiger partial charge in [0, 0.05) is 25.0 Å². The molecule has 1 saturated carbocycles. The minimum atomic E-state index is -3.47. The van der Waals surface area contributed by atoms with Crippen LogP contribution in [-0.2, 0) is 19.6 Å². The second kappa shape index (κ2) is 9.84. The first-order valence-corrected chi connectivity index (χ1v) is 13.0. The Hall–Kier alpha value is -1.78. The van der Waals surface area contributed by atoms with Gasteiger partial charge in [-0.15, -0.1) is 0 Å². The van der Waals surface area contributed by atoms with Gasteiger partial charge in [-0.05, 0) is 72.4 Å². The molecule has 10 heteroatoms. The van der Waals surface area contributed by atoms with Crippen molar-refractivity contribution in [2.24, 2.45) is 5.92 Å². The number of amides is 1. The van der Waals surface area contributed by atoms with Gasteiger partial charge in [-0.3, -0.25) is 4.79 Å². The van der Waals surface area contributed by atoms with Crippen molar-refractivity contribution in [1.82, 2.24) is 4.72 Å². The van der Waals surface area contributed by atoms with Crippen LogP contribution < -0.4 is 14.9 Å². The fourth-order valence-corrected chi connectivity index (χ4v) is 5.39. The van der Waals surface area contributed by atoms with Gasteiger partial charge in [0.15, 0.2) is 11.6 Å². The van der Waals surface area contributed by atoms with Gasteiger partial charge in [-0.25, -0.2) is 21.9 Å². The summed E-state index contributed by atoms with van der Waals surface area (Å²) in [4.78, 5) is 14.4. The van der Waals surface area contributed by atoms with E-state index in [0.717, 1.165) is 0 Å². The zero-order valence-corrected chi connectivity index (χ0v) is 20.8. The van der Waals surface area contributed by atoms with Crippen molar-refractivity contribution in [1.29, 1.82) is 0 Å². The Labute approximate surface area is 195 Å². The summed E-state index contributed by atoms with van der Waals surface area (Å²) in [6, 6.07) is 2.64. The number of carbonyl (C=O) groups excluding carboxylic acids is 1. The number of rotatable bonds is 5. The summed E-state index contributed by atoms with van der Waals surface area (Å²) in [6.07, 6.45) is 1.76. The first-order chi connectivity index (χ1) is 15.3. The SMILES string of the molecule is CC1CN(c2ccc(NC(=O)C3CCC(NS(=O)(=O)C(C)(C)C)CC3)c(F)c2F)CC(C)O1. The standard InChI is InChI=1S/C23H35F2N3O4S/c1-14-12-28(13-15(2)32-14)19-11-10-18(20(24)21(19)25)26-22(29)16-6-8-17(9-7-16)27-33(30,31)23(3,4)5/h10-11,14-17,27H,6-9,12-13H2,1-5H3,(H,26,29). The molecule has 1 saturated heterocycles. The van der Waals surface area contributed by atoms with Gasteiger partial charge in [0.1, 0.15) is 0 Å². The lowest BCUT2D eigenvalue weighted by molar-refractivity contribution is -0.120. The third kappa shape index (κ3) is 6.02. The number of anilines is 2. The van der Waals surface area contributed by atoms with E-state index in [9.17, 15) is 22.0 Å². The summed E-state index contributed by atoms with van der Waals surface area (Å²) in [5.41, 5.74) is -0.0368. The molecule has 0 bridgehead atoms. The molecule has 0 spiro atoms. The Morgan fingerprint density at radius 1 is 1.03 bits per heavy atom. The molecule has 0 aromatic heterocycles. The quantitative estimate of drug-likeness (QED) is 0.660. The second-order valence-corrected chi connectivity index (χ2v) is 12.7. The molecular weight excluding hydrogens is 452 g/mol. The van der Waals surface area contributed by atoms with Gasteiger partial charge in [0.2, 0.25) is 15.9 Å². The number of ether oxygens (including phenoxy) is 1. The average Bonchev–Trinajstić information content (AvgIpc) is 2.70. The summed E-state index contributed by atoms with van der Waals surface area (Å²) in [5, 5.41) is 2.52. The lowest BCUT2D eigenvalue weighted by Crippen LogP contribution is -2.46. The Kier molecular flexibility index (Phi) is 7.70. The third-order valence-electron chi connectivity index (χ3n) is 6.31. The predicted octanol–water partition coefficient (Wildman–Crippen LogP) is 3.79. The monoisotopic (exact) mass is 487 g/mol. The molecule has 2 atom stereocenters. The highest BCUT2D eigenvalue weighted by molar-refractivity contribution is 7.90. The first-order valence-electron chi connectivity index (χ1n) is 11.5. The summed E-state index contributed by atoms with van der Waals surface area (Å²) < 4.78 is 61.8. The topological polar surface area (TPSA) is 87.7 Å². The second-order valence-electron chi connectivity index (χ2n) is 10.2. The molecule has 1 aliphatic heterocycles. The van der Waals surface area contributed by atoms with E-state index in [1.54, 1.807) is 25.7 Å². The maximum absolute atomic E-state index is 14.8. The predicted molar refractivity (Wildman–Crippen MR) is 125 cm³/mol. The molecule has 1 heterocycles. The highest BCUT2D eigenvalue weighted by Gasteiger charge is 2.34. The van der Waals surface area contributed by atoms with E-state index in [2.05, 4.69) is 10.0 Å². The van der Waals surface area contributed by atoms with Crippen LogP contribution in [0.1, 0.15) is 60.3 Å². The number of hydrogen-bond acceptors (Lipinski definition) is 5. The number of carbonyl (C=O) groups is 1. The average molecular weight is 488 g/mol. The molecule has 7 nitrogen and oxygen atoms in total. The molecule has 0 radical (unpaired) electrons. The number of hydrogen-bond donors (Lipinski definition) is 2. The van der Waals surface area contributed by atoms with Gasteiger partial charge >= 0.3 is 0 Å². The summed E-state index contributed by atoms with van der Waals surface area (Å²) in [5.74, 6) is -2.84. The lowest BCUT2D eigenvalue weighted by atomic mass is 9.86. The van der Waals surface area contributed by atoms with E-state index in [1.807, 2.05) is 13.8 Å². The van der Waals surface area contributed by atoms with Crippen molar-refractivity contribution >= 4 is 27.3 Å². The van der Waals surface area contributed by atoms with Crippen molar-refractivity contribution < 1.29 is 26.7 Å². The van der Waals surface area contributed by atoms with E-state index in [-0.39, 0.29) is 41.4 Å². The van der Waals surface area contributed by atoms with Crippen LogP contribution in [0.5, 0.6) is 0 Å². The van der Waals surface area contributed by atoms with Crippen LogP contribution in [0.3, 0.4) is 0 Å². The van der Waals surface area contributed by atoms with Gasteiger partial charge in [-0.1, -0.05) is 0 Å². The number of morpholine rings is 1.